The summed E-state index contributed by atoms with van der Waals surface area (Å²) in [6, 6.07) is 3.58. The first-order valence-electron chi connectivity index (χ1n) is 7.52. The molecule has 22 heavy (non-hydrogen) atoms. The maximum atomic E-state index is 12.1. The van der Waals surface area contributed by atoms with E-state index in [4.69, 9.17) is 27.9 Å². The molecule has 1 aromatic rings. The molecule has 0 aromatic heterocycles. The summed E-state index contributed by atoms with van der Waals surface area (Å²) in [5.41, 5.74) is 1.63. The summed E-state index contributed by atoms with van der Waals surface area (Å²) in [4.78, 5) is 14.3. The third-order valence-electron chi connectivity index (χ3n) is 3.57. The zero-order valence-corrected chi connectivity index (χ0v) is 14.7. The van der Waals surface area contributed by atoms with Crippen LogP contribution in [0.5, 0.6) is 5.75 Å². The summed E-state index contributed by atoms with van der Waals surface area (Å²) >= 11 is 12.5. The molecule has 0 spiro atoms. The predicted octanol–water partition coefficient (Wildman–Crippen LogP) is 4.46. The van der Waals surface area contributed by atoms with Crippen molar-refractivity contribution < 1.29 is 9.53 Å². The van der Waals surface area contributed by atoms with Crippen molar-refractivity contribution in [1.29, 1.82) is 0 Å². The number of likely N-dealkylation sites (tertiary alicyclic amines) is 1. The van der Waals surface area contributed by atoms with Crippen LogP contribution in [-0.2, 0) is 4.79 Å². The number of benzene rings is 1. The van der Waals surface area contributed by atoms with Crippen molar-refractivity contribution in [1.82, 2.24) is 4.90 Å². The van der Waals surface area contributed by atoms with Gasteiger partial charge in [-0.15, -0.1) is 0 Å². The smallest absolute Gasteiger partial charge is 0.161 e. The Kier molecular flexibility index (Phi) is 5.90. The summed E-state index contributed by atoms with van der Waals surface area (Å²) in [7, 11) is 0. The van der Waals surface area contributed by atoms with Crippen LogP contribution >= 0.6 is 23.2 Å². The van der Waals surface area contributed by atoms with Gasteiger partial charge >= 0.3 is 0 Å². The van der Waals surface area contributed by atoms with Crippen molar-refractivity contribution in [2.75, 3.05) is 19.6 Å². The second-order valence-electron chi connectivity index (χ2n) is 5.69. The van der Waals surface area contributed by atoms with Gasteiger partial charge in [0.2, 0.25) is 0 Å². The summed E-state index contributed by atoms with van der Waals surface area (Å²) < 4.78 is 5.62. The van der Waals surface area contributed by atoms with Gasteiger partial charge in [-0.2, -0.15) is 0 Å². The largest absolute Gasteiger partial charge is 0.488 e. The topological polar surface area (TPSA) is 29.5 Å². The van der Waals surface area contributed by atoms with E-state index in [-0.39, 0.29) is 11.9 Å². The van der Waals surface area contributed by atoms with E-state index in [0.717, 1.165) is 24.2 Å². The molecule has 0 aliphatic carbocycles. The van der Waals surface area contributed by atoms with Crippen LogP contribution in [0.2, 0.25) is 10.0 Å². The molecule has 3 nitrogen and oxygen atoms in total. The zero-order chi connectivity index (χ0) is 16.3. The van der Waals surface area contributed by atoms with E-state index in [1.54, 1.807) is 12.1 Å². The molecule has 0 saturated carbocycles. The average molecular weight is 342 g/mol. The van der Waals surface area contributed by atoms with E-state index in [2.05, 4.69) is 11.8 Å². The van der Waals surface area contributed by atoms with E-state index < -0.39 is 0 Å². The summed E-state index contributed by atoms with van der Waals surface area (Å²) in [5.74, 6) is 0.685. The number of piperidine rings is 1. The minimum Gasteiger partial charge on any atom is -0.488 e. The van der Waals surface area contributed by atoms with Crippen molar-refractivity contribution in [3.05, 3.63) is 33.3 Å². The molecule has 0 radical (unpaired) electrons. The summed E-state index contributed by atoms with van der Waals surface area (Å²) in [6.07, 6.45) is 2.44. The van der Waals surface area contributed by atoms with Gasteiger partial charge in [-0.1, -0.05) is 30.1 Å². The molecule has 1 aliphatic rings. The Bertz CT molecular complexity index is 573. The van der Waals surface area contributed by atoms with Crippen LogP contribution in [-0.4, -0.2) is 36.4 Å². The van der Waals surface area contributed by atoms with Crippen LogP contribution in [0, 0.1) is 0 Å². The lowest BCUT2D eigenvalue weighted by molar-refractivity contribution is -0.117. The van der Waals surface area contributed by atoms with Gasteiger partial charge in [-0.05, 0) is 44.2 Å². The highest BCUT2D eigenvalue weighted by Crippen LogP contribution is 2.35. The molecule has 1 saturated heterocycles. The summed E-state index contributed by atoms with van der Waals surface area (Å²) in [6.45, 7) is 8.38. The van der Waals surface area contributed by atoms with Crippen LogP contribution in [0.3, 0.4) is 0 Å². The lowest BCUT2D eigenvalue weighted by Gasteiger charge is -2.26. The van der Waals surface area contributed by atoms with Crippen LogP contribution in [0.4, 0.5) is 0 Å². The molecule has 0 amide bonds. The Morgan fingerprint density at radius 2 is 1.95 bits per heavy atom. The second-order valence-corrected chi connectivity index (χ2v) is 6.51. The van der Waals surface area contributed by atoms with Crippen molar-refractivity contribution in [3.63, 3.8) is 0 Å². The average Bonchev–Trinajstić information content (AvgIpc) is 2.45. The Balaban J connectivity index is 2.29. The molecule has 2 rings (SSSR count). The highest BCUT2D eigenvalue weighted by Gasteiger charge is 2.20. The van der Waals surface area contributed by atoms with Crippen LogP contribution < -0.4 is 4.74 Å². The van der Waals surface area contributed by atoms with Gasteiger partial charge in [-0.3, -0.25) is 9.69 Å². The molecule has 1 heterocycles. The first-order chi connectivity index (χ1) is 10.4. The highest BCUT2D eigenvalue weighted by atomic mass is 35.5. The number of nitrogens with zero attached hydrogens (tertiary/aromatic N) is 1. The van der Waals surface area contributed by atoms with E-state index in [1.807, 2.05) is 19.9 Å². The minimum absolute atomic E-state index is 0.00256. The first-order valence-corrected chi connectivity index (χ1v) is 8.28. The molecule has 0 N–H and O–H groups in total. The quantitative estimate of drug-likeness (QED) is 0.757. The molecule has 5 heteroatoms. The Morgan fingerprint density at radius 1 is 1.32 bits per heavy atom. The van der Waals surface area contributed by atoms with E-state index in [1.165, 1.54) is 0 Å². The lowest BCUT2D eigenvalue weighted by atomic mass is 10.0. The van der Waals surface area contributed by atoms with Gasteiger partial charge in [0.1, 0.15) is 0 Å². The molecular formula is C17H21Cl2NO2. The van der Waals surface area contributed by atoms with E-state index in [9.17, 15) is 4.79 Å². The zero-order valence-electron chi connectivity index (χ0n) is 13.2. The maximum Gasteiger partial charge on any atom is 0.161 e. The number of carbonyl (C=O) groups excluding carboxylic acids is 1. The number of likely N-dealkylation sites (N-methyl/N-ethyl adjacent to an activating group) is 1. The van der Waals surface area contributed by atoms with E-state index in [0.29, 0.717) is 28.8 Å². The number of rotatable bonds is 4. The van der Waals surface area contributed by atoms with Gasteiger partial charge in [0, 0.05) is 25.1 Å². The lowest BCUT2D eigenvalue weighted by Crippen LogP contribution is -2.35. The van der Waals surface area contributed by atoms with Crippen LogP contribution in [0.25, 0.3) is 6.08 Å². The number of ketones is 1. The number of hydrogen-bond donors (Lipinski definition) is 0. The number of ether oxygens (including phenoxy) is 1. The standard InChI is InChI=1S/C17H21Cl2NO2/c1-4-20-6-5-16(21)13(10-20)7-12-8-14(18)17(15(19)9-12)22-11(2)3/h7-9,11H,4-6,10H2,1-3H3/b13-7+. The van der Waals surface area contributed by atoms with Crippen molar-refractivity contribution in [3.8, 4) is 5.75 Å². The van der Waals surface area contributed by atoms with Gasteiger partial charge < -0.3 is 4.74 Å². The molecule has 1 fully saturated rings. The molecule has 120 valence electrons. The maximum absolute atomic E-state index is 12.1. The third-order valence-corrected chi connectivity index (χ3v) is 4.13. The molecule has 0 bridgehead atoms. The number of halogens is 2. The fraction of sp³-hybridized carbons (Fsp3) is 0.471. The van der Waals surface area contributed by atoms with Crippen molar-refractivity contribution >= 4 is 35.1 Å². The number of hydrogen-bond acceptors (Lipinski definition) is 3. The SMILES string of the molecule is CCN1CCC(=O)/C(=C/c2cc(Cl)c(OC(C)C)c(Cl)c2)C1. The molecule has 1 aromatic carbocycles. The first kappa shape index (κ1) is 17.3. The van der Waals surface area contributed by atoms with E-state index >= 15 is 0 Å². The predicted molar refractivity (Wildman–Crippen MR) is 91.9 cm³/mol. The monoisotopic (exact) mass is 341 g/mol. The Morgan fingerprint density at radius 3 is 2.50 bits per heavy atom. The molecule has 0 atom stereocenters. The third kappa shape index (κ3) is 4.25. The van der Waals surface area contributed by atoms with Crippen LogP contribution in [0.1, 0.15) is 32.8 Å². The molecule has 0 unspecified atom stereocenters. The minimum atomic E-state index is -0.00256. The fourth-order valence-electron chi connectivity index (χ4n) is 2.44. The molecular weight excluding hydrogens is 321 g/mol. The summed E-state index contributed by atoms with van der Waals surface area (Å²) in [5, 5.41) is 0.923. The Hall–Kier alpha value is -1.03. The fourth-order valence-corrected chi connectivity index (χ4v) is 3.03. The second kappa shape index (κ2) is 7.49. The number of carbonyl (C=O) groups is 1. The van der Waals surface area contributed by atoms with Crippen molar-refractivity contribution in [2.45, 2.75) is 33.3 Å². The van der Waals surface area contributed by atoms with Crippen molar-refractivity contribution in [2.24, 2.45) is 0 Å². The molecule has 1 aliphatic heterocycles. The van der Waals surface area contributed by atoms with Gasteiger partial charge in [0.15, 0.2) is 11.5 Å². The number of Topliss-reactive ketones (excluding diaryl/α,β-unsaturated/α-hetero) is 1. The van der Waals surface area contributed by atoms with Gasteiger partial charge in [-0.25, -0.2) is 0 Å². The van der Waals surface area contributed by atoms with Gasteiger partial charge in [0.05, 0.1) is 16.1 Å². The normalized spacial score (nSPS) is 18.3. The highest BCUT2D eigenvalue weighted by molar-refractivity contribution is 6.37. The van der Waals surface area contributed by atoms with Gasteiger partial charge in [0.25, 0.3) is 0 Å². The Labute approximate surface area is 141 Å². The van der Waals surface area contributed by atoms with Crippen LogP contribution in [0.15, 0.2) is 17.7 Å².